The molecule has 1 amide bonds. The molecule has 0 heterocycles. The lowest BCUT2D eigenvalue weighted by Crippen LogP contribution is -2.42. The molecule has 0 bridgehead atoms. The summed E-state index contributed by atoms with van der Waals surface area (Å²) < 4.78 is 5.20. The fourth-order valence-electron chi connectivity index (χ4n) is 2.10. The minimum absolute atomic E-state index is 0. The van der Waals surface area contributed by atoms with Gasteiger partial charge in [0.25, 0.3) is 0 Å². The molecule has 0 unspecified atom stereocenters. The molecule has 7 nitrogen and oxygen atoms in total. The maximum absolute atomic E-state index is 11.6. The topological polar surface area (TPSA) is 78.0 Å². The van der Waals surface area contributed by atoms with Gasteiger partial charge in [-0.05, 0) is 45.4 Å². The number of aliphatic imine (C=N–C) groups is 1. The normalized spacial score (nSPS) is 11.3. The highest BCUT2D eigenvalue weighted by atomic mass is 127. The van der Waals surface area contributed by atoms with Gasteiger partial charge in [0, 0.05) is 39.4 Å². The molecular weight excluding hydrogens is 457 g/mol. The van der Waals surface area contributed by atoms with Crippen molar-refractivity contribution in [3.05, 3.63) is 29.8 Å². The van der Waals surface area contributed by atoms with Gasteiger partial charge < -0.3 is 25.6 Å². The number of guanidine groups is 1. The highest BCUT2D eigenvalue weighted by molar-refractivity contribution is 14.0. The summed E-state index contributed by atoms with van der Waals surface area (Å²) >= 11 is 0. The first-order chi connectivity index (χ1) is 12.2. The van der Waals surface area contributed by atoms with Crippen LogP contribution in [0, 0.1) is 0 Å². The van der Waals surface area contributed by atoms with Gasteiger partial charge in [-0.2, -0.15) is 0 Å². The first-order valence-corrected chi connectivity index (χ1v) is 8.96. The zero-order valence-electron chi connectivity index (χ0n) is 17.3. The van der Waals surface area contributed by atoms with Gasteiger partial charge in [-0.1, -0.05) is 12.1 Å². The van der Waals surface area contributed by atoms with E-state index in [9.17, 15) is 4.79 Å². The zero-order valence-corrected chi connectivity index (χ0v) is 19.6. The predicted octanol–water partition coefficient (Wildman–Crippen LogP) is 2.95. The Hall–Kier alpha value is -1.71. The average molecular weight is 491 g/mol. The van der Waals surface area contributed by atoms with Crippen LogP contribution in [0.25, 0.3) is 0 Å². The molecule has 0 spiro atoms. The Bertz CT molecular complexity index is 600. The molecular formula is C19H34IN5O2. The highest BCUT2D eigenvalue weighted by Gasteiger charge is 2.15. The molecule has 1 rings (SSSR count). The number of benzene rings is 1. The minimum Gasteiger partial charge on any atom is -0.444 e. The summed E-state index contributed by atoms with van der Waals surface area (Å²) in [5.41, 5.74) is 1.80. The summed E-state index contributed by atoms with van der Waals surface area (Å²) in [5.74, 6) is 0.716. The van der Waals surface area contributed by atoms with Crippen LogP contribution in [0.15, 0.2) is 29.3 Å². The second-order valence-corrected chi connectivity index (χ2v) is 7.11. The van der Waals surface area contributed by atoms with Gasteiger partial charge in [0.1, 0.15) is 5.60 Å². The summed E-state index contributed by atoms with van der Waals surface area (Å²) in [6.45, 7) is 9.89. The van der Waals surface area contributed by atoms with Gasteiger partial charge in [0.2, 0.25) is 0 Å². The SMILES string of the molecule is CCNC(=NCc1cccc(N(C)C)c1)NCCNC(=O)OC(C)(C)C.I. The third-order valence-electron chi connectivity index (χ3n) is 3.28. The fourth-order valence-corrected chi connectivity index (χ4v) is 2.10. The summed E-state index contributed by atoms with van der Waals surface area (Å²) in [7, 11) is 4.04. The van der Waals surface area contributed by atoms with Gasteiger partial charge in [-0.3, -0.25) is 0 Å². The molecule has 0 radical (unpaired) electrons. The zero-order chi connectivity index (χ0) is 19.6. The number of hydrogen-bond donors (Lipinski definition) is 3. The molecule has 1 aromatic rings. The maximum Gasteiger partial charge on any atom is 0.407 e. The van der Waals surface area contributed by atoms with Crippen molar-refractivity contribution >= 4 is 41.7 Å². The van der Waals surface area contributed by atoms with Crippen molar-refractivity contribution in [2.24, 2.45) is 4.99 Å². The second-order valence-electron chi connectivity index (χ2n) is 7.11. The largest absolute Gasteiger partial charge is 0.444 e. The summed E-state index contributed by atoms with van der Waals surface area (Å²) in [6, 6.07) is 8.28. The molecule has 0 aromatic heterocycles. The van der Waals surface area contributed by atoms with Crippen LogP contribution >= 0.6 is 24.0 Å². The third-order valence-corrected chi connectivity index (χ3v) is 3.28. The molecule has 27 heavy (non-hydrogen) atoms. The number of carbonyl (C=O) groups excluding carboxylic acids is 1. The number of nitrogens with zero attached hydrogens (tertiary/aromatic N) is 2. The van der Waals surface area contributed by atoms with Crippen LogP contribution in [0.3, 0.4) is 0 Å². The van der Waals surface area contributed by atoms with Crippen molar-refractivity contribution in [1.29, 1.82) is 0 Å². The minimum atomic E-state index is -0.491. The van der Waals surface area contributed by atoms with Gasteiger partial charge >= 0.3 is 6.09 Å². The molecule has 0 aliphatic carbocycles. The van der Waals surface area contributed by atoms with E-state index in [-0.39, 0.29) is 24.0 Å². The van der Waals surface area contributed by atoms with Crippen LogP contribution in [0.5, 0.6) is 0 Å². The molecule has 154 valence electrons. The van der Waals surface area contributed by atoms with Gasteiger partial charge in [0.15, 0.2) is 5.96 Å². The van der Waals surface area contributed by atoms with E-state index in [2.05, 4.69) is 44.0 Å². The molecule has 0 aliphatic heterocycles. The highest BCUT2D eigenvalue weighted by Crippen LogP contribution is 2.13. The van der Waals surface area contributed by atoms with E-state index in [4.69, 9.17) is 4.74 Å². The fraction of sp³-hybridized carbons (Fsp3) is 0.579. The Morgan fingerprint density at radius 1 is 1.15 bits per heavy atom. The van der Waals surface area contributed by atoms with E-state index in [1.807, 2.05) is 47.9 Å². The standard InChI is InChI=1S/C19H33N5O2.HI/c1-7-20-17(21-11-12-22-18(25)26-19(2,3)4)23-14-15-9-8-10-16(13-15)24(5)6;/h8-10,13H,7,11-12,14H2,1-6H3,(H,22,25)(H2,20,21,23);1H. The number of nitrogens with one attached hydrogen (secondary N) is 3. The van der Waals surface area contributed by atoms with Crippen molar-refractivity contribution in [3.8, 4) is 0 Å². The number of rotatable bonds is 7. The molecule has 0 saturated heterocycles. The van der Waals surface area contributed by atoms with Gasteiger partial charge in [-0.25, -0.2) is 9.79 Å². The van der Waals surface area contributed by atoms with Crippen LogP contribution in [0.4, 0.5) is 10.5 Å². The van der Waals surface area contributed by atoms with Crippen molar-refractivity contribution in [1.82, 2.24) is 16.0 Å². The van der Waals surface area contributed by atoms with Crippen LogP contribution in [-0.2, 0) is 11.3 Å². The number of carbonyl (C=O) groups is 1. The lowest BCUT2D eigenvalue weighted by molar-refractivity contribution is 0.0529. The Kier molecular flexibility index (Phi) is 11.8. The third kappa shape index (κ3) is 11.6. The Morgan fingerprint density at radius 2 is 1.81 bits per heavy atom. The molecule has 0 saturated carbocycles. The lowest BCUT2D eigenvalue weighted by atomic mass is 10.2. The van der Waals surface area contributed by atoms with E-state index in [1.54, 1.807) is 0 Å². The Balaban J connectivity index is 0.00000676. The van der Waals surface area contributed by atoms with Crippen LogP contribution in [0.1, 0.15) is 33.3 Å². The van der Waals surface area contributed by atoms with E-state index in [0.29, 0.717) is 25.6 Å². The first-order valence-electron chi connectivity index (χ1n) is 8.96. The van der Waals surface area contributed by atoms with E-state index in [0.717, 1.165) is 17.8 Å². The van der Waals surface area contributed by atoms with Crippen molar-refractivity contribution in [2.45, 2.75) is 39.8 Å². The quantitative estimate of drug-likeness (QED) is 0.237. The van der Waals surface area contributed by atoms with E-state index >= 15 is 0 Å². The number of amides is 1. The second kappa shape index (κ2) is 12.6. The Labute approximate surface area is 180 Å². The van der Waals surface area contributed by atoms with Crippen molar-refractivity contribution in [3.63, 3.8) is 0 Å². The Morgan fingerprint density at radius 3 is 2.41 bits per heavy atom. The maximum atomic E-state index is 11.6. The average Bonchev–Trinajstić information content (AvgIpc) is 2.55. The van der Waals surface area contributed by atoms with E-state index < -0.39 is 11.7 Å². The number of hydrogen-bond acceptors (Lipinski definition) is 4. The van der Waals surface area contributed by atoms with Crippen LogP contribution in [0.2, 0.25) is 0 Å². The molecule has 0 fully saturated rings. The van der Waals surface area contributed by atoms with Crippen molar-refractivity contribution < 1.29 is 9.53 Å². The first kappa shape index (κ1) is 25.3. The molecule has 0 aliphatic rings. The van der Waals surface area contributed by atoms with Crippen molar-refractivity contribution in [2.75, 3.05) is 38.6 Å². The number of ether oxygens (including phenoxy) is 1. The molecule has 0 atom stereocenters. The molecule has 1 aromatic carbocycles. The monoisotopic (exact) mass is 491 g/mol. The summed E-state index contributed by atoms with van der Waals surface area (Å²) in [5, 5.41) is 9.12. The van der Waals surface area contributed by atoms with Crippen LogP contribution < -0.4 is 20.9 Å². The smallest absolute Gasteiger partial charge is 0.407 e. The lowest BCUT2D eigenvalue weighted by Gasteiger charge is -2.20. The molecule has 3 N–H and O–H groups in total. The molecule has 8 heteroatoms. The number of halogens is 1. The van der Waals surface area contributed by atoms with Gasteiger partial charge in [0.05, 0.1) is 6.54 Å². The van der Waals surface area contributed by atoms with E-state index in [1.165, 1.54) is 0 Å². The summed E-state index contributed by atoms with van der Waals surface area (Å²) in [4.78, 5) is 18.3. The van der Waals surface area contributed by atoms with Gasteiger partial charge in [-0.15, -0.1) is 24.0 Å². The predicted molar refractivity (Wildman–Crippen MR) is 123 cm³/mol. The number of alkyl carbamates (subject to hydrolysis) is 1. The summed E-state index contributed by atoms with van der Waals surface area (Å²) in [6.07, 6.45) is -0.415. The van der Waals surface area contributed by atoms with Crippen LogP contribution in [-0.4, -0.2) is 51.4 Å². The number of anilines is 1.